The zero-order valence-electron chi connectivity index (χ0n) is 19.9. The van der Waals surface area contributed by atoms with Gasteiger partial charge in [0, 0.05) is 45.3 Å². The molecular weight excluding hydrogens is 452 g/mol. The Bertz CT molecular complexity index is 1380. The molecule has 2 aromatic carbocycles. The smallest absolute Gasteiger partial charge is 0.219 e. The zero-order chi connectivity index (χ0) is 25.3. The van der Waals surface area contributed by atoms with E-state index in [1.165, 1.54) is 23.8 Å². The maximum Gasteiger partial charge on any atom is 0.219 e. The second kappa shape index (κ2) is 9.82. The highest BCUT2D eigenvalue weighted by Crippen LogP contribution is 2.31. The van der Waals surface area contributed by atoms with Crippen LogP contribution in [0.1, 0.15) is 36.7 Å². The first-order valence-corrected chi connectivity index (χ1v) is 11.6. The van der Waals surface area contributed by atoms with E-state index in [4.69, 9.17) is 0 Å². The second-order valence-corrected chi connectivity index (χ2v) is 8.69. The van der Waals surface area contributed by atoms with Gasteiger partial charge in [0.25, 0.3) is 0 Å². The molecule has 0 radical (unpaired) electrons. The van der Waals surface area contributed by atoms with Crippen molar-refractivity contribution >= 4 is 34.4 Å². The van der Waals surface area contributed by atoms with E-state index in [2.05, 4.69) is 0 Å². The molecule has 1 aliphatic heterocycles. The standard InChI is InChI=1S/C27H27F2N3O3/c1-4-30-16-21(23(34)11-10-19-8-6-5-7-9-19)27(35)20-14-22(28)26(24(29)25(20)30)31-12-13-32(18(3)33)17(2)15-31/h5-11,14,16-17H,4,12-13,15H2,1-3H3/b11-10+. The van der Waals surface area contributed by atoms with Gasteiger partial charge in [0.1, 0.15) is 11.5 Å². The molecule has 1 saturated heterocycles. The Morgan fingerprint density at radius 1 is 1.14 bits per heavy atom. The fourth-order valence-corrected chi connectivity index (χ4v) is 4.65. The monoisotopic (exact) mass is 479 g/mol. The van der Waals surface area contributed by atoms with Gasteiger partial charge < -0.3 is 14.4 Å². The summed E-state index contributed by atoms with van der Waals surface area (Å²) < 4.78 is 32.5. The average Bonchev–Trinajstić information content (AvgIpc) is 2.83. The number of allylic oxidation sites excluding steroid dienone is 1. The predicted molar refractivity (Wildman–Crippen MR) is 133 cm³/mol. The van der Waals surface area contributed by atoms with Gasteiger partial charge in [0.2, 0.25) is 11.3 Å². The molecule has 0 spiro atoms. The maximum absolute atomic E-state index is 15.8. The summed E-state index contributed by atoms with van der Waals surface area (Å²) in [5.41, 5.74) is -0.345. The Morgan fingerprint density at radius 3 is 2.49 bits per heavy atom. The van der Waals surface area contributed by atoms with Gasteiger partial charge in [-0.2, -0.15) is 0 Å². The van der Waals surface area contributed by atoms with Crippen molar-refractivity contribution < 1.29 is 18.4 Å². The summed E-state index contributed by atoms with van der Waals surface area (Å²) in [7, 11) is 0. The number of aromatic nitrogens is 1. The Morgan fingerprint density at radius 2 is 1.86 bits per heavy atom. The fraction of sp³-hybridized carbons (Fsp3) is 0.296. The van der Waals surface area contributed by atoms with Crippen molar-refractivity contribution in [3.8, 4) is 0 Å². The number of carbonyl (C=O) groups is 2. The van der Waals surface area contributed by atoms with Gasteiger partial charge in [-0.1, -0.05) is 36.4 Å². The molecule has 1 atom stereocenters. The first-order valence-electron chi connectivity index (χ1n) is 11.6. The molecule has 182 valence electrons. The van der Waals surface area contributed by atoms with Crippen molar-refractivity contribution in [1.82, 2.24) is 9.47 Å². The molecule has 6 nitrogen and oxygen atoms in total. The van der Waals surface area contributed by atoms with Crippen LogP contribution in [0.15, 0.2) is 53.5 Å². The van der Waals surface area contributed by atoms with Crippen LogP contribution < -0.4 is 10.3 Å². The molecule has 2 heterocycles. The van der Waals surface area contributed by atoms with Gasteiger partial charge in [0.15, 0.2) is 11.6 Å². The molecule has 35 heavy (non-hydrogen) atoms. The van der Waals surface area contributed by atoms with Gasteiger partial charge >= 0.3 is 0 Å². The van der Waals surface area contributed by atoms with Crippen LogP contribution in [0.25, 0.3) is 17.0 Å². The highest BCUT2D eigenvalue weighted by atomic mass is 19.1. The molecule has 1 aliphatic rings. The molecule has 4 rings (SSSR count). The summed E-state index contributed by atoms with van der Waals surface area (Å²) in [5, 5.41) is -0.181. The third kappa shape index (κ3) is 4.60. The lowest BCUT2D eigenvalue weighted by atomic mass is 10.0. The molecule has 3 aromatic rings. The molecule has 1 amide bonds. The lowest BCUT2D eigenvalue weighted by Gasteiger charge is -2.40. The molecule has 0 bridgehead atoms. The van der Waals surface area contributed by atoms with E-state index in [0.29, 0.717) is 6.54 Å². The number of carbonyl (C=O) groups excluding carboxylic acids is 2. The maximum atomic E-state index is 15.8. The molecule has 1 aromatic heterocycles. The summed E-state index contributed by atoms with van der Waals surface area (Å²) in [6.07, 6.45) is 4.21. The highest BCUT2D eigenvalue weighted by Gasteiger charge is 2.30. The number of fused-ring (bicyclic) bond motifs is 1. The largest absolute Gasteiger partial charge is 0.363 e. The van der Waals surface area contributed by atoms with Crippen LogP contribution in [-0.4, -0.2) is 46.8 Å². The van der Waals surface area contributed by atoms with Gasteiger partial charge in [-0.05, 0) is 31.6 Å². The number of amides is 1. The number of halogens is 2. The quantitative estimate of drug-likeness (QED) is 0.406. The number of anilines is 1. The third-order valence-electron chi connectivity index (χ3n) is 6.41. The van der Waals surface area contributed by atoms with E-state index in [1.54, 1.807) is 22.8 Å². The predicted octanol–water partition coefficient (Wildman–Crippen LogP) is 4.25. The fourth-order valence-electron chi connectivity index (χ4n) is 4.65. The minimum Gasteiger partial charge on any atom is -0.363 e. The van der Waals surface area contributed by atoms with E-state index < -0.39 is 22.8 Å². The molecule has 0 N–H and O–H groups in total. The second-order valence-electron chi connectivity index (χ2n) is 8.69. The van der Waals surface area contributed by atoms with Crippen molar-refractivity contribution in [2.24, 2.45) is 0 Å². The Kier molecular flexibility index (Phi) is 6.82. The number of benzene rings is 2. The number of ketones is 1. The number of hydrogen-bond acceptors (Lipinski definition) is 4. The van der Waals surface area contributed by atoms with E-state index in [1.807, 2.05) is 37.3 Å². The van der Waals surface area contributed by atoms with Gasteiger partial charge in [-0.15, -0.1) is 0 Å². The minimum atomic E-state index is -0.873. The lowest BCUT2D eigenvalue weighted by Crippen LogP contribution is -2.54. The Labute approximate surface area is 202 Å². The van der Waals surface area contributed by atoms with E-state index in [-0.39, 0.29) is 53.7 Å². The summed E-state index contributed by atoms with van der Waals surface area (Å²) >= 11 is 0. The third-order valence-corrected chi connectivity index (χ3v) is 6.41. The Hall–Kier alpha value is -3.81. The van der Waals surface area contributed by atoms with Crippen molar-refractivity contribution in [1.29, 1.82) is 0 Å². The lowest BCUT2D eigenvalue weighted by molar-refractivity contribution is -0.131. The van der Waals surface area contributed by atoms with Gasteiger partial charge in [-0.3, -0.25) is 14.4 Å². The minimum absolute atomic E-state index is 0.0425. The van der Waals surface area contributed by atoms with Gasteiger partial charge in [0.05, 0.1) is 16.5 Å². The SMILES string of the molecule is CCn1cc(C(=O)/C=C/c2ccccc2)c(=O)c2cc(F)c(N3CCN(C(C)=O)C(C)C3)c(F)c21. The number of pyridine rings is 1. The van der Waals surface area contributed by atoms with Gasteiger partial charge in [-0.25, -0.2) is 8.78 Å². The Balaban J connectivity index is 1.77. The van der Waals surface area contributed by atoms with Crippen molar-refractivity contribution in [2.45, 2.75) is 33.4 Å². The van der Waals surface area contributed by atoms with Crippen LogP contribution in [0.4, 0.5) is 14.5 Å². The average molecular weight is 480 g/mol. The van der Waals surface area contributed by atoms with Crippen LogP contribution in [-0.2, 0) is 11.3 Å². The molecule has 1 fully saturated rings. The van der Waals surface area contributed by atoms with Crippen LogP contribution in [0.5, 0.6) is 0 Å². The van der Waals surface area contributed by atoms with Crippen molar-refractivity contribution in [3.63, 3.8) is 0 Å². The number of nitrogens with zero attached hydrogens (tertiary/aromatic N) is 3. The molecular formula is C27H27F2N3O3. The number of rotatable bonds is 5. The number of hydrogen-bond donors (Lipinski definition) is 0. The molecule has 0 aliphatic carbocycles. The van der Waals surface area contributed by atoms with E-state index in [0.717, 1.165) is 11.6 Å². The topological polar surface area (TPSA) is 62.6 Å². The summed E-state index contributed by atoms with van der Waals surface area (Å²) in [6, 6.07) is 9.93. The summed E-state index contributed by atoms with van der Waals surface area (Å²) in [4.78, 5) is 41.0. The number of aryl methyl sites for hydroxylation is 1. The molecule has 1 unspecified atom stereocenters. The molecule has 8 heteroatoms. The highest BCUT2D eigenvalue weighted by molar-refractivity contribution is 6.08. The summed E-state index contributed by atoms with van der Waals surface area (Å²) in [6.45, 7) is 6.19. The van der Waals surface area contributed by atoms with E-state index in [9.17, 15) is 14.4 Å². The zero-order valence-corrected chi connectivity index (χ0v) is 19.9. The van der Waals surface area contributed by atoms with Crippen LogP contribution in [0, 0.1) is 11.6 Å². The van der Waals surface area contributed by atoms with Crippen molar-refractivity contribution in [2.75, 3.05) is 24.5 Å². The van der Waals surface area contributed by atoms with Crippen LogP contribution in [0.3, 0.4) is 0 Å². The van der Waals surface area contributed by atoms with Crippen LogP contribution >= 0.6 is 0 Å². The van der Waals surface area contributed by atoms with Crippen molar-refractivity contribution in [3.05, 3.63) is 81.7 Å². The first kappa shape index (κ1) is 24.3. The number of piperazine rings is 1. The van der Waals surface area contributed by atoms with E-state index >= 15 is 8.78 Å². The first-order chi connectivity index (χ1) is 16.7. The van der Waals surface area contributed by atoms with Crippen LogP contribution in [0.2, 0.25) is 0 Å². The molecule has 0 saturated carbocycles. The normalized spacial score (nSPS) is 16.3. The summed E-state index contributed by atoms with van der Waals surface area (Å²) in [5.74, 6) is -2.35.